The number of amides is 4. The zero-order valence-electron chi connectivity index (χ0n) is 26.7. The average Bonchev–Trinajstić information content (AvgIpc) is 3.09. The van der Waals surface area contributed by atoms with Crippen molar-refractivity contribution in [2.24, 2.45) is 5.92 Å². The predicted molar refractivity (Wildman–Crippen MR) is 178 cm³/mol. The number of aliphatic carboxylic acids is 1. The summed E-state index contributed by atoms with van der Waals surface area (Å²) in [4.78, 5) is 55.1. The van der Waals surface area contributed by atoms with Gasteiger partial charge in [-0.25, -0.2) is 9.59 Å². The predicted octanol–water partition coefficient (Wildman–Crippen LogP) is 4.15. The molecule has 4 amide bonds. The average molecular weight is 642 g/mol. The summed E-state index contributed by atoms with van der Waals surface area (Å²) in [6.45, 7) is 3.44. The molecule has 2 aliphatic heterocycles. The van der Waals surface area contributed by atoms with E-state index in [1.54, 1.807) is 53.4 Å². The molecule has 2 fully saturated rings. The van der Waals surface area contributed by atoms with Crippen molar-refractivity contribution in [1.82, 2.24) is 20.4 Å². The van der Waals surface area contributed by atoms with Crippen LogP contribution in [0.4, 0.5) is 10.5 Å². The molecule has 2 heterocycles. The van der Waals surface area contributed by atoms with Gasteiger partial charge in [0.05, 0.1) is 18.6 Å². The van der Waals surface area contributed by atoms with Crippen molar-refractivity contribution in [3.63, 3.8) is 0 Å². The molecule has 248 valence electrons. The summed E-state index contributed by atoms with van der Waals surface area (Å²) < 4.78 is 5.33. The van der Waals surface area contributed by atoms with Crippen LogP contribution < -0.4 is 20.7 Å². The number of carboxylic acid groups (broad SMARTS) is 1. The third-order valence-electron chi connectivity index (χ3n) is 8.85. The number of para-hydroxylation sites is 1. The van der Waals surface area contributed by atoms with Gasteiger partial charge in [-0.15, -0.1) is 0 Å². The molecule has 11 nitrogen and oxygen atoms in total. The van der Waals surface area contributed by atoms with Gasteiger partial charge in [-0.3, -0.25) is 14.5 Å². The van der Waals surface area contributed by atoms with E-state index in [0.29, 0.717) is 42.0 Å². The van der Waals surface area contributed by atoms with E-state index in [1.165, 1.54) is 12.7 Å². The van der Waals surface area contributed by atoms with Gasteiger partial charge in [-0.05, 0) is 61.1 Å². The van der Waals surface area contributed by atoms with Gasteiger partial charge in [0.1, 0.15) is 11.8 Å². The summed E-state index contributed by atoms with van der Waals surface area (Å²) in [5.41, 5.74) is 3.00. The third kappa shape index (κ3) is 9.32. The lowest BCUT2D eigenvalue weighted by Crippen LogP contribution is -2.50. The van der Waals surface area contributed by atoms with Gasteiger partial charge in [0, 0.05) is 50.9 Å². The van der Waals surface area contributed by atoms with Gasteiger partial charge in [-0.2, -0.15) is 0 Å². The molecule has 2 aliphatic rings. The van der Waals surface area contributed by atoms with Crippen molar-refractivity contribution in [2.75, 3.05) is 38.6 Å². The molecular weight excluding hydrogens is 598 g/mol. The number of carboxylic acids is 1. The number of carbonyl (C=O) groups is 4. The summed E-state index contributed by atoms with van der Waals surface area (Å²) in [5, 5.41) is 18.5. The number of hydrogen-bond acceptors (Lipinski definition) is 6. The molecule has 0 saturated carbocycles. The first-order valence-electron chi connectivity index (χ1n) is 16.2. The van der Waals surface area contributed by atoms with Crippen LogP contribution in [-0.4, -0.2) is 84.1 Å². The lowest BCUT2D eigenvalue weighted by atomic mass is 9.95. The van der Waals surface area contributed by atoms with E-state index in [1.807, 2.05) is 18.2 Å². The summed E-state index contributed by atoms with van der Waals surface area (Å²) in [7, 11) is 1.50. The van der Waals surface area contributed by atoms with Crippen LogP contribution >= 0.6 is 0 Å². The van der Waals surface area contributed by atoms with Gasteiger partial charge >= 0.3 is 12.0 Å². The maximum Gasteiger partial charge on any atom is 0.326 e. The molecule has 3 aromatic carbocycles. The summed E-state index contributed by atoms with van der Waals surface area (Å²) in [6, 6.07) is 22.9. The number of hydrogen-bond donors (Lipinski definition) is 4. The molecular formula is C36H43N5O6. The number of piperidine rings is 2. The zero-order valence-corrected chi connectivity index (χ0v) is 26.7. The van der Waals surface area contributed by atoms with Crippen molar-refractivity contribution in [3.05, 3.63) is 95.6 Å². The molecule has 11 heteroatoms. The van der Waals surface area contributed by atoms with Crippen LogP contribution in [0.3, 0.4) is 0 Å². The number of benzene rings is 3. The largest absolute Gasteiger partial charge is 0.496 e. The number of nitrogens with one attached hydrogen (secondary N) is 3. The normalized spacial score (nSPS) is 17.7. The first-order chi connectivity index (χ1) is 22.8. The van der Waals surface area contributed by atoms with Gasteiger partial charge in [0.15, 0.2) is 0 Å². The minimum Gasteiger partial charge on any atom is -0.496 e. The Morgan fingerprint density at radius 1 is 0.872 bits per heavy atom. The van der Waals surface area contributed by atoms with Crippen LogP contribution in [0, 0.1) is 5.92 Å². The summed E-state index contributed by atoms with van der Waals surface area (Å²) >= 11 is 0. The lowest BCUT2D eigenvalue weighted by molar-refractivity contribution is -0.142. The van der Waals surface area contributed by atoms with E-state index < -0.39 is 23.8 Å². The van der Waals surface area contributed by atoms with E-state index in [9.17, 15) is 24.3 Å². The highest BCUT2D eigenvalue weighted by atomic mass is 16.5. The molecule has 1 unspecified atom stereocenters. The Bertz CT molecular complexity index is 1520. The standard InChI is InChI=1S/C36H43N5O6/c1-47-32-12-6-5-11-30(32)34(43)41-19-7-10-27(24-41)33(42)39-31(35(44)45)22-25-13-15-28(16-14-25)37-36(46)38-29-17-20-40(21-18-29)23-26-8-3-2-4-9-26/h2-6,8-9,11-16,27,29,31H,7,10,17-24H2,1H3,(H,39,42)(H,44,45)(H2,37,38,46)/t27?,31-/m0/s1. The number of methoxy groups -OCH3 is 1. The second-order valence-corrected chi connectivity index (χ2v) is 12.2. The lowest BCUT2D eigenvalue weighted by Gasteiger charge is -2.33. The minimum absolute atomic E-state index is 0.0751. The van der Waals surface area contributed by atoms with Crippen LogP contribution in [0.15, 0.2) is 78.9 Å². The molecule has 47 heavy (non-hydrogen) atoms. The second-order valence-electron chi connectivity index (χ2n) is 12.2. The molecule has 0 bridgehead atoms. The summed E-state index contributed by atoms with van der Waals surface area (Å²) in [5.74, 6) is -1.82. The second kappa shape index (κ2) is 16.1. The van der Waals surface area contributed by atoms with Crippen molar-refractivity contribution >= 4 is 29.5 Å². The Kier molecular flexibility index (Phi) is 11.5. The molecule has 5 rings (SSSR count). The summed E-state index contributed by atoms with van der Waals surface area (Å²) in [6.07, 6.45) is 3.01. The molecule has 0 aromatic heterocycles. The van der Waals surface area contributed by atoms with Crippen LogP contribution in [0.2, 0.25) is 0 Å². The maximum atomic E-state index is 13.2. The molecule has 3 aromatic rings. The zero-order chi connectivity index (χ0) is 33.2. The fourth-order valence-electron chi connectivity index (χ4n) is 6.25. The van der Waals surface area contributed by atoms with E-state index in [4.69, 9.17) is 4.74 Å². The highest BCUT2D eigenvalue weighted by Crippen LogP contribution is 2.24. The van der Waals surface area contributed by atoms with Crippen LogP contribution in [0.5, 0.6) is 5.75 Å². The Morgan fingerprint density at radius 2 is 1.57 bits per heavy atom. The molecule has 4 N–H and O–H groups in total. The van der Waals surface area contributed by atoms with E-state index in [-0.39, 0.29) is 30.9 Å². The molecule has 2 atom stereocenters. The highest BCUT2D eigenvalue weighted by Gasteiger charge is 2.32. The van der Waals surface area contributed by atoms with E-state index >= 15 is 0 Å². The SMILES string of the molecule is COc1ccccc1C(=O)N1CCCC(C(=O)N[C@@H](Cc2ccc(NC(=O)NC3CCN(Cc4ccccc4)CC3)cc2)C(=O)O)C1. The number of likely N-dealkylation sites (tertiary alicyclic amines) is 2. The van der Waals surface area contributed by atoms with Gasteiger partial charge in [-0.1, -0.05) is 54.6 Å². The first kappa shape index (κ1) is 33.5. The van der Waals surface area contributed by atoms with Gasteiger partial charge < -0.3 is 30.7 Å². The fraction of sp³-hybridized carbons (Fsp3) is 0.389. The topological polar surface area (TPSA) is 140 Å². The third-order valence-corrected chi connectivity index (χ3v) is 8.85. The Balaban J connectivity index is 1.08. The number of ether oxygens (including phenoxy) is 1. The Hall–Kier alpha value is -4.90. The van der Waals surface area contributed by atoms with Crippen molar-refractivity contribution in [3.8, 4) is 5.75 Å². The molecule has 2 saturated heterocycles. The van der Waals surface area contributed by atoms with E-state index in [0.717, 1.165) is 32.5 Å². The highest BCUT2D eigenvalue weighted by molar-refractivity contribution is 5.97. The Morgan fingerprint density at radius 3 is 2.28 bits per heavy atom. The molecule has 0 aliphatic carbocycles. The van der Waals surface area contributed by atoms with Crippen molar-refractivity contribution in [1.29, 1.82) is 0 Å². The quantitative estimate of drug-likeness (QED) is 0.247. The number of nitrogens with zero attached hydrogens (tertiary/aromatic N) is 2. The van der Waals surface area contributed by atoms with Crippen LogP contribution in [0.1, 0.15) is 47.2 Å². The number of urea groups is 1. The number of carbonyl (C=O) groups excluding carboxylic acids is 3. The Labute approximate surface area is 275 Å². The smallest absolute Gasteiger partial charge is 0.326 e. The van der Waals surface area contributed by atoms with Gasteiger partial charge in [0.2, 0.25) is 5.91 Å². The fourth-order valence-corrected chi connectivity index (χ4v) is 6.25. The monoisotopic (exact) mass is 641 g/mol. The molecule has 0 radical (unpaired) electrons. The van der Waals surface area contributed by atoms with Crippen LogP contribution in [0.25, 0.3) is 0 Å². The number of anilines is 1. The minimum atomic E-state index is -1.15. The first-order valence-corrected chi connectivity index (χ1v) is 16.2. The molecule has 0 spiro atoms. The van der Waals surface area contributed by atoms with Gasteiger partial charge in [0.25, 0.3) is 5.91 Å². The van der Waals surface area contributed by atoms with Crippen molar-refractivity contribution in [2.45, 2.75) is 50.7 Å². The number of rotatable bonds is 11. The maximum absolute atomic E-state index is 13.2. The van der Waals surface area contributed by atoms with Crippen LogP contribution in [-0.2, 0) is 22.6 Å². The van der Waals surface area contributed by atoms with E-state index in [2.05, 4.69) is 33.0 Å². The van der Waals surface area contributed by atoms with Crippen molar-refractivity contribution < 1.29 is 29.0 Å².